The van der Waals surface area contributed by atoms with E-state index < -0.39 is 0 Å². The number of hydrogen-bond donors (Lipinski definition) is 3. The number of piperidine rings is 3. The number of hydrogen-bond acceptors (Lipinski definition) is 5. The van der Waals surface area contributed by atoms with Crippen LogP contribution in [0.25, 0.3) is 10.1 Å². The van der Waals surface area contributed by atoms with E-state index in [1.54, 1.807) is 6.07 Å². The summed E-state index contributed by atoms with van der Waals surface area (Å²) in [5.41, 5.74) is 6.39. The minimum atomic E-state index is -0.0274. The number of nitrogens with two attached hydrogens (primary N) is 1. The van der Waals surface area contributed by atoms with Crippen molar-refractivity contribution in [2.45, 2.75) is 18.9 Å². The molecule has 1 aromatic carbocycles. The molecule has 0 unspecified atom stereocenters. The maximum Gasteiger partial charge on any atom is 0.261 e. The monoisotopic (exact) mass is 344 g/mol. The zero-order valence-electron chi connectivity index (χ0n) is 13.2. The van der Waals surface area contributed by atoms with Crippen LogP contribution in [-0.4, -0.2) is 47.5 Å². The molecule has 7 heteroatoms. The molecule has 126 valence electrons. The van der Waals surface area contributed by atoms with Gasteiger partial charge < -0.3 is 21.2 Å². The third-order valence-electron chi connectivity index (χ3n) is 5.12. The number of amides is 1. The number of carbonyl (C=O) groups is 1. The van der Waals surface area contributed by atoms with Crippen molar-refractivity contribution in [3.8, 4) is 0 Å². The molecule has 0 spiro atoms. The molecule has 0 saturated carbocycles. The third kappa shape index (κ3) is 2.63. The summed E-state index contributed by atoms with van der Waals surface area (Å²) in [7, 11) is 0. The molecule has 2 aromatic rings. The third-order valence-corrected chi connectivity index (χ3v) is 6.31. The lowest BCUT2D eigenvalue weighted by Gasteiger charge is -2.44. The van der Waals surface area contributed by atoms with Crippen molar-refractivity contribution in [3.63, 3.8) is 0 Å². The van der Waals surface area contributed by atoms with Crippen molar-refractivity contribution in [2.24, 2.45) is 16.8 Å². The first-order valence-corrected chi connectivity index (χ1v) is 9.01. The van der Waals surface area contributed by atoms with E-state index in [4.69, 9.17) is 10.9 Å². The van der Waals surface area contributed by atoms with Gasteiger partial charge in [-0.25, -0.2) is 0 Å². The van der Waals surface area contributed by atoms with E-state index in [1.807, 2.05) is 18.2 Å². The predicted molar refractivity (Wildman–Crippen MR) is 94.8 cm³/mol. The molecule has 6 nitrogen and oxygen atoms in total. The Kier molecular flexibility index (Phi) is 3.90. The second-order valence-corrected chi connectivity index (χ2v) is 7.59. The van der Waals surface area contributed by atoms with Crippen LogP contribution in [0.5, 0.6) is 0 Å². The number of thiophene rings is 1. The van der Waals surface area contributed by atoms with Crippen molar-refractivity contribution in [2.75, 3.05) is 19.6 Å². The largest absolute Gasteiger partial charge is 0.409 e. The highest BCUT2D eigenvalue weighted by Crippen LogP contribution is 2.31. The topological polar surface area (TPSA) is 91.0 Å². The first kappa shape index (κ1) is 15.4. The molecule has 3 saturated heterocycles. The zero-order valence-corrected chi connectivity index (χ0v) is 14.1. The van der Waals surface area contributed by atoms with Crippen LogP contribution in [0.4, 0.5) is 0 Å². The van der Waals surface area contributed by atoms with Gasteiger partial charge in [-0.1, -0.05) is 17.3 Å². The lowest BCUT2D eigenvalue weighted by Crippen LogP contribution is -2.57. The maximum atomic E-state index is 12.7. The second kappa shape index (κ2) is 6.07. The molecule has 3 fully saturated rings. The van der Waals surface area contributed by atoms with E-state index >= 15 is 0 Å². The summed E-state index contributed by atoms with van der Waals surface area (Å²) in [6, 6.07) is 7.70. The predicted octanol–water partition coefficient (Wildman–Crippen LogP) is 1.82. The summed E-state index contributed by atoms with van der Waals surface area (Å²) in [5.74, 6) is 0.633. The molecular formula is C17H20N4O2S. The Morgan fingerprint density at radius 1 is 1.38 bits per heavy atom. The van der Waals surface area contributed by atoms with Crippen LogP contribution in [0.2, 0.25) is 0 Å². The average Bonchev–Trinajstić information content (AvgIpc) is 3.06. The zero-order chi connectivity index (χ0) is 16.7. The van der Waals surface area contributed by atoms with Crippen LogP contribution in [0.3, 0.4) is 0 Å². The van der Waals surface area contributed by atoms with Gasteiger partial charge in [0.15, 0.2) is 5.84 Å². The first-order valence-electron chi connectivity index (χ1n) is 8.19. The van der Waals surface area contributed by atoms with E-state index in [-0.39, 0.29) is 17.8 Å². The molecule has 2 bridgehead atoms. The van der Waals surface area contributed by atoms with E-state index in [0.717, 1.165) is 29.7 Å². The fourth-order valence-electron chi connectivity index (χ4n) is 3.80. The lowest BCUT2D eigenvalue weighted by molar-refractivity contribution is 0.0622. The van der Waals surface area contributed by atoms with Crippen LogP contribution >= 0.6 is 11.3 Å². The molecule has 4 N–H and O–H groups in total. The van der Waals surface area contributed by atoms with Gasteiger partial charge in [-0.3, -0.25) is 4.79 Å². The van der Waals surface area contributed by atoms with Crippen molar-refractivity contribution in [3.05, 3.63) is 34.7 Å². The maximum absolute atomic E-state index is 12.7. The van der Waals surface area contributed by atoms with Gasteiger partial charge in [0.1, 0.15) is 0 Å². The highest BCUT2D eigenvalue weighted by atomic mass is 32.1. The van der Waals surface area contributed by atoms with E-state index in [0.29, 0.717) is 16.4 Å². The number of oxime groups is 1. The lowest BCUT2D eigenvalue weighted by atomic mass is 9.84. The standard InChI is InChI=1S/C17H20N4O2S/c18-16(20-23)12-3-1-2-11-8-14(24-15(11)12)17(22)19-13-9-21-6-4-10(13)5-7-21/h1-3,8,10,13,23H,4-7,9H2,(H2,18,20)(H,19,22)/t13-/m0/s1. The molecule has 1 aromatic heterocycles. The highest BCUT2D eigenvalue weighted by molar-refractivity contribution is 7.21. The summed E-state index contributed by atoms with van der Waals surface area (Å²) < 4.78 is 0.867. The minimum absolute atomic E-state index is 0.0274. The number of nitrogens with zero attached hydrogens (tertiary/aromatic N) is 2. The van der Waals surface area contributed by atoms with Gasteiger partial charge in [-0.2, -0.15) is 0 Å². The molecule has 3 aliphatic rings. The Morgan fingerprint density at radius 3 is 2.83 bits per heavy atom. The number of rotatable bonds is 3. The Balaban J connectivity index is 1.59. The van der Waals surface area contributed by atoms with Crippen LogP contribution in [0.15, 0.2) is 29.4 Å². The van der Waals surface area contributed by atoms with E-state index in [9.17, 15) is 4.79 Å². The smallest absolute Gasteiger partial charge is 0.261 e. The van der Waals surface area contributed by atoms with Crippen molar-refractivity contribution >= 4 is 33.2 Å². The molecular weight excluding hydrogens is 324 g/mol. The fourth-order valence-corrected chi connectivity index (χ4v) is 4.88. The van der Waals surface area contributed by atoms with Gasteiger partial charge in [0.2, 0.25) is 0 Å². The Labute approximate surface area is 143 Å². The van der Waals surface area contributed by atoms with E-state index in [2.05, 4.69) is 15.4 Å². The minimum Gasteiger partial charge on any atom is -0.409 e. The van der Waals surface area contributed by atoms with Gasteiger partial charge in [-0.05, 0) is 49.4 Å². The molecule has 1 amide bonds. The van der Waals surface area contributed by atoms with Crippen molar-refractivity contribution in [1.29, 1.82) is 0 Å². The summed E-state index contributed by atoms with van der Waals surface area (Å²) in [4.78, 5) is 15.8. The first-order chi connectivity index (χ1) is 11.7. The number of carbonyl (C=O) groups excluding carboxylic acids is 1. The molecule has 1 atom stereocenters. The number of benzene rings is 1. The van der Waals surface area contributed by atoms with Gasteiger partial charge >= 0.3 is 0 Å². The molecule has 3 aliphatic heterocycles. The highest BCUT2D eigenvalue weighted by Gasteiger charge is 2.35. The number of fused-ring (bicyclic) bond motifs is 4. The Bertz CT molecular complexity index is 808. The SMILES string of the molecule is NC(=NO)c1cccc2cc(C(=O)N[C@H]3CN4CCC3CC4)sc12. The molecule has 24 heavy (non-hydrogen) atoms. The summed E-state index contributed by atoms with van der Waals surface area (Å²) >= 11 is 1.39. The molecule has 0 radical (unpaired) electrons. The summed E-state index contributed by atoms with van der Waals surface area (Å²) in [6.07, 6.45) is 2.34. The van der Waals surface area contributed by atoms with Crippen LogP contribution in [0.1, 0.15) is 28.1 Å². The van der Waals surface area contributed by atoms with Crippen molar-refractivity contribution < 1.29 is 10.0 Å². The van der Waals surface area contributed by atoms with Gasteiger partial charge in [0, 0.05) is 22.8 Å². The average molecular weight is 344 g/mol. The fraction of sp³-hybridized carbons (Fsp3) is 0.412. The molecule has 5 rings (SSSR count). The summed E-state index contributed by atoms with van der Waals surface area (Å²) in [5, 5.41) is 16.1. The molecule has 0 aliphatic carbocycles. The van der Waals surface area contributed by atoms with Gasteiger partial charge in [0.25, 0.3) is 5.91 Å². The normalized spacial score (nSPS) is 26.7. The van der Waals surface area contributed by atoms with Gasteiger partial charge in [0.05, 0.1) is 4.88 Å². The van der Waals surface area contributed by atoms with E-state index in [1.165, 1.54) is 24.2 Å². The quantitative estimate of drug-likeness (QED) is 0.343. The van der Waals surface area contributed by atoms with Crippen LogP contribution < -0.4 is 11.1 Å². The second-order valence-electron chi connectivity index (χ2n) is 6.54. The summed E-state index contributed by atoms with van der Waals surface area (Å²) in [6.45, 7) is 3.27. The Morgan fingerprint density at radius 2 is 2.17 bits per heavy atom. The number of nitrogens with one attached hydrogen (secondary N) is 1. The van der Waals surface area contributed by atoms with Crippen LogP contribution in [0, 0.1) is 5.92 Å². The van der Waals surface area contributed by atoms with Crippen molar-refractivity contribution in [1.82, 2.24) is 10.2 Å². The Hall–Kier alpha value is -2.12. The number of amidine groups is 1. The molecule has 4 heterocycles. The van der Waals surface area contributed by atoms with Crippen LogP contribution in [-0.2, 0) is 0 Å². The van der Waals surface area contributed by atoms with Gasteiger partial charge in [-0.15, -0.1) is 11.3 Å².